The zero-order chi connectivity index (χ0) is 56.0. The Morgan fingerprint density at radius 3 is 0.857 bits per heavy atom. The van der Waals surface area contributed by atoms with E-state index in [0.717, 1.165) is 95.5 Å². The standard InChI is InChI=1S/C80H54N4/c1-5-19-57(20-6-1)59-33-45-67(46-34-59)83(69-49-37-63(38-50-69)75-29-15-13-27-73(75)61-23-9-3-10-24-61)71-53-41-65(42-54-71)79-80(82-78-32-18-17-31-77(78)81-79)66-43-55-72(56-44-66)84(68-47-35-60(36-48-68)58-21-7-2-8-22-58)70-51-39-64(40-52-70)76-30-16-14-28-74(76)62-25-11-4-12-26-62/h1-35,37-47,49-56H. The summed E-state index contributed by atoms with van der Waals surface area (Å²) < 4.78 is 0. The fourth-order valence-electron chi connectivity index (χ4n) is 11.3. The van der Waals surface area contributed by atoms with Crippen LogP contribution in [0.3, 0.4) is 0 Å². The normalized spacial score (nSPS) is 11.0. The van der Waals surface area contributed by atoms with Gasteiger partial charge in [0, 0.05) is 45.1 Å². The van der Waals surface area contributed by atoms with E-state index in [0.29, 0.717) is 0 Å². The highest BCUT2D eigenvalue weighted by Gasteiger charge is 2.20. The van der Waals surface area contributed by atoms with Crippen LogP contribution in [0.25, 0.3) is 100 Å². The smallest absolute Gasteiger partial charge is 0.0973 e. The SMILES string of the molecule is c1c(-c2ccccc2)ccc(N(c2ccc(-c3ccccc3-c3ccccc3)cc2)c2ccc(-c3nc4ccccc4nc3-c3ccc(N(c4ccc(-c5ccccc5)cc4)c4ccc(-c5ccccc5-c5ccccc5)cc4)cc3)cc2)c#1. The van der Waals surface area contributed by atoms with Crippen molar-refractivity contribution in [1.82, 2.24) is 9.97 Å². The Labute approximate surface area is 491 Å². The van der Waals surface area contributed by atoms with Gasteiger partial charge in [-0.1, -0.05) is 249 Å². The van der Waals surface area contributed by atoms with E-state index in [-0.39, 0.29) is 0 Å². The van der Waals surface area contributed by atoms with Gasteiger partial charge in [0.15, 0.2) is 0 Å². The van der Waals surface area contributed by atoms with Gasteiger partial charge in [0.2, 0.25) is 0 Å². The first-order valence-electron chi connectivity index (χ1n) is 28.4. The van der Waals surface area contributed by atoms with Crippen LogP contribution in [-0.2, 0) is 0 Å². The van der Waals surface area contributed by atoms with Crippen molar-refractivity contribution in [3.05, 3.63) is 340 Å². The predicted octanol–water partition coefficient (Wildman–Crippen LogP) is 21.5. The molecule has 0 amide bonds. The molecule has 0 N–H and O–H groups in total. The highest BCUT2D eigenvalue weighted by molar-refractivity contribution is 5.91. The molecule has 1 heterocycles. The number of hydrogen-bond donors (Lipinski definition) is 0. The second-order valence-corrected chi connectivity index (χ2v) is 20.8. The summed E-state index contributed by atoms with van der Waals surface area (Å²) in [5.74, 6) is 0. The van der Waals surface area contributed by atoms with Gasteiger partial charge in [-0.25, -0.2) is 9.97 Å². The fourth-order valence-corrected chi connectivity index (χ4v) is 11.3. The van der Waals surface area contributed by atoms with Crippen molar-refractivity contribution in [3.8, 4) is 89.3 Å². The molecule has 0 aliphatic heterocycles. The molecule has 4 nitrogen and oxygen atoms in total. The molecule has 13 aromatic carbocycles. The molecule has 14 aromatic rings. The monoisotopic (exact) mass is 1070 g/mol. The van der Waals surface area contributed by atoms with Gasteiger partial charge in [0.25, 0.3) is 0 Å². The third-order valence-corrected chi connectivity index (χ3v) is 15.6. The summed E-state index contributed by atoms with van der Waals surface area (Å²) in [4.78, 5) is 15.3. The summed E-state index contributed by atoms with van der Waals surface area (Å²) in [6.07, 6.45) is 0. The molecule has 0 unspecified atom stereocenters. The number of rotatable bonds is 14. The van der Waals surface area contributed by atoms with Crippen molar-refractivity contribution in [3.63, 3.8) is 0 Å². The molecule has 4 heteroatoms. The zero-order valence-electron chi connectivity index (χ0n) is 46.0. The molecular formula is C80H54N4. The Hall–Kier alpha value is -11.4. The van der Waals surface area contributed by atoms with Gasteiger partial charge >= 0.3 is 0 Å². The van der Waals surface area contributed by atoms with Crippen LogP contribution in [0.15, 0.2) is 328 Å². The van der Waals surface area contributed by atoms with Crippen LogP contribution in [-0.4, -0.2) is 9.97 Å². The quantitative estimate of drug-likeness (QED) is 0.109. The van der Waals surface area contributed by atoms with E-state index in [1.54, 1.807) is 0 Å². The number of benzene rings is 12. The van der Waals surface area contributed by atoms with Crippen LogP contribution in [0.2, 0.25) is 0 Å². The molecule has 0 bridgehead atoms. The van der Waals surface area contributed by atoms with Gasteiger partial charge in [-0.2, -0.15) is 0 Å². The van der Waals surface area contributed by atoms with Gasteiger partial charge in [0.1, 0.15) is 0 Å². The first kappa shape index (κ1) is 50.8. The number of fused-ring (bicyclic) bond motifs is 1. The van der Waals surface area contributed by atoms with Crippen molar-refractivity contribution in [1.29, 1.82) is 0 Å². The van der Waals surface area contributed by atoms with Crippen molar-refractivity contribution < 1.29 is 0 Å². The Morgan fingerprint density at radius 2 is 0.488 bits per heavy atom. The Bertz CT molecular complexity index is 4220. The number of anilines is 6. The van der Waals surface area contributed by atoms with Crippen LogP contribution in [0.5, 0.6) is 0 Å². The molecule has 1 aromatic heterocycles. The predicted molar refractivity (Wildman–Crippen MR) is 350 cm³/mol. The molecule has 84 heavy (non-hydrogen) atoms. The lowest BCUT2D eigenvalue weighted by Gasteiger charge is -2.26. The molecule has 394 valence electrons. The van der Waals surface area contributed by atoms with Crippen LogP contribution >= 0.6 is 0 Å². The van der Waals surface area contributed by atoms with Crippen molar-refractivity contribution in [2.75, 3.05) is 9.80 Å². The average molecular weight is 1070 g/mol. The first-order valence-corrected chi connectivity index (χ1v) is 28.4. The summed E-state index contributed by atoms with van der Waals surface area (Å²) >= 11 is 0. The van der Waals surface area contributed by atoms with E-state index in [9.17, 15) is 0 Å². The van der Waals surface area contributed by atoms with Gasteiger partial charge in [0.05, 0.1) is 28.1 Å². The van der Waals surface area contributed by atoms with Crippen LogP contribution < -0.4 is 9.80 Å². The molecule has 0 atom stereocenters. The molecule has 0 saturated carbocycles. The Kier molecular flexibility index (Phi) is 13.9. The number of hydrogen-bond acceptors (Lipinski definition) is 4. The van der Waals surface area contributed by atoms with Crippen molar-refractivity contribution in [2.45, 2.75) is 0 Å². The van der Waals surface area contributed by atoms with Gasteiger partial charge in [-0.3, -0.25) is 0 Å². The Balaban J connectivity index is 0.821. The molecule has 0 radical (unpaired) electrons. The van der Waals surface area contributed by atoms with E-state index in [4.69, 9.17) is 9.97 Å². The largest absolute Gasteiger partial charge is 0.311 e. The van der Waals surface area contributed by atoms with E-state index < -0.39 is 0 Å². The molecule has 0 saturated heterocycles. The minimum Gasteiger partial charge on any atom is -0.311 e. The van der Waals surface area contributed by atoms with E-state index in [1.165, 1.54) is 38.9 Å². The van der Waals surface area contributed by atoms with Crippen LogP contribution in [0.4, 0.5) is 34.1 Å². The zero-order valence-corrected chi connectivity index (χ0v) is 46.0. The maximum absolute atomic E-state index is 5.37. The first-order chi connectivity index (χ1) is 41.6. The third kappa shape index (κ3) is 10.4. The van der Waals surface area contributed by atoms with Gasteiger partial charge in [-0.05, 0) is 152 Å². The number of aromatic nitrogens is 2. The van der Waals surface area contributed by atoms with Gasteiger partial charge < -0.3 is 9.80 Å². The lowest BCUT2D eigenvalue weighted by Crippen LogP contribution is -2.10. The Morgan fingerprint density at radius 1 is 0.202 bits per heavy atom. The molecule has 0 aliphatic carbocycles. The minimum atomic E-state index is 0.799. The van der Waals surface area contributed by atoms with Crippen molar-refractivity contribution in [2.24, 2.45) is 0 Å². The molecular weight excluding hydrogens is 1020 g/mol. The molecule has 0 spiro atoms. The van der Waals surface area contributed by atoms with E-state index in [1.807, 2.05) is 30.3 Å². The summed E-state index contributed by atoms with van der Waals surface area (Å²) in [5.41, 5.74) is 25.0. The van der Waals surface area contributed by atoms with Crippen LogP contribution in [0.1, 0.15) is 0 Å². The van der Waals surface area contributed by atoms with E-state index >= 15 is 0 Å². The second kappa shape index (κ2) is 23.0. The minimum absolute atomic E-state index is 0.799. The molecule has 0 aliphatic rings. The summed E-state index contributed by atoms with van der Waals surface area (Å²) in [7, 11) is 0. The average Bonchev–Trinajstić information content (AvgIpc) is 2.71. The molecule has 14 rings (SSSR count). The lowest BCUT2D eigenvalue weighted by molar-refractivity contribution is 1.27. The van der Waals surface area contributed by atoms with Gasteiger partial charge in [-0.15, -0.1) is 0 Å². The summed E-state index contributed by atoms with van der Waals surface area (Å²) in [6.45, 7) is 0. The van der Waals surface area contributed by atoms with Crippen molar-refractivity contribution >= 4 is 45.2 Å². The van der Waals surface area contributed by atoms with Crippen LogP contribution in [0, 0.1) is 12.1 Å². The fraction of sp³-hybridized carbons (Fsp3) is 0. The number of nitrogens with zero attached hydrogens (tertiary/aromatic N) is 4. The summed E-state index contributed by atoms with van der Waals surface area (Å²) in [6, 6.07) is 123. The third-order valence-electron chi connectivity index (χ3n) is 15.6. The second-order valence-electron chi connectivity index (χ2n) is 20.8. The topological polar surface area (TPSA) is 32.3 Å². The number of para-hydroxylation sites is 2. The highest BCUT2D eigenvalue weighted by atomic mass is 15.1. The highest BCUT2D eigenvalue weighted by Crippen LogP contribution is 2.42. The summed E-state index contributed by atoms with van der Waals surface area (Å²) in [5, 5.41) is 0. The maximum Gasteiger partial charge on any atom is 0.0973 e. The molecule has 0 fully saturated rings. The lowest BCUT2D eigenvalue weighted by atomic mass is 9.94. The maximum atomic E-state index is 5.37. The van der Waals surface area contributed by atoms with E-state index in [2.05, 4.69) is 319 Å².